The van der Waals surface area contributed by atoms with Gasteiger partial charge in [-0.05, 0) is 19.3 Å². The Morgan fingerprint density at radius 1 is 1.58 bits per heavy atom. The molecule has 1 rings (SSSR count). The van der Waals surface area contributed by atoms with Gasteiger partial charge in [-0.15, -0.1) is 0 Å². The van der Waals surface area contributed by atoms with Gasteiger partial charge in [-0.3, -0.25) is 4.68 Å². The molecule has 6 heteroatoms. The molecule has 0 aromatic carbocycles. The highest BCUT2D eigenvalue weighted by Crippen LogP contribution is 2.15. The summed E-state index contributed by atoms with van der Waals surface area (Å²) in [5.74, 6) is -0.582. The second-order valence-electron chi connectivity index (χ2n) is 5.63. The highest BCUT2D eigenvalue weighted by atomic mass is 16.4. The van der Waals surface area contributed by atoms with E-state index in [-0.39, 0.29) is 5.56 Å². The van der Waals surface area contributed by atoms with Crippen LogP contribution in [0.25, 0.3) is 0 Å². The molecule has 0 aliphatic carbocycles. The summed E-state index contributed by atoms with van der Waals surface area (Å²) in [6.45, 7) is 6.67. The van der Waals surface area contributed by atoms with Crippen molar-refractivity contribution in [1.82, 2.24) is 15.1 Å². The van der Waals surface area contributed by atoms with Crippen molar-refractivity contribution in [3.8, 4) is 0 Å². The van der Waals surface area contributed by atoms with E-state index in [1.807, 2.05) is 0 Å². The standard InChI is InChI=1S/C13H23N3O3/c1-9(2)5-13(3,19)8-14-7-11-10(12(17)18)6-15-16(11)4/h6,9,14,19H,5,7-8H2,1-4H3,(H,17,18). The zero-order chi connectivity index (χ0) is 14.6. The third kappa shape index (κ3) is 4.65. The Kier molecular flexibility index (Phi) is 5.08. The van der Waals surface area contributed by atoms with Gasteiger partial charge in [0.25, 0.3) is 0 Å². The molecule has 0 saturated carbocycles. The van der Waals surface area contributed by atoms with Gasteiger partial charge in [-0.2, -0.15) is 5.10 Å². The SMILES string of the molecule is CC(C)CC(C)(O)CNCc1c(C(=O)O)cnn1C. The quantitative estimate of drug-likeness (QED) is 0.687. The normalized spacial score (nSPS) is 14.6. The van der Waals surface area contributed by atoms with Gasteiger partial charge in [-0.1, -0.05) is 13.8 Å². The topological polar surface area (TPSA) is 87.4 Å². The number of aryl methyl sites for hydroxylation is 1. The summed E-state index contributed by atoms with van der Waals surface area (Å²) >= 11 is 0. The predicted molar refractivity (Wildman–Crippen MR) is 72.0 cm³/mol. The Morgan fingerprint density at radius 3 is 2.74 bits per heavy atom. The Hall–Kier alpha value is -1.40. The number of carboxylic acid groups (broad SMARTS) is 1. The molecule has 3 N–H and O–H groups in total. The fourth-order valence-corrected chi connectivity index (χ4v) is 2.25. The molecule has 1 aromatic rings. The average molecular weight is 269 g/mol. The number of nitrogens with one attached hydrogen (secondary N) is 1. The molecule has 0 radical (unpaired) electrons. The first-order valence-corrected chi connectivity index (χ1v) is 6.40. The van der Waals surface area contributed by atoms with E-state index in [4.69, 9.17) is 5.11 Å². The lowest BCUT2D eigenvalue weighted by Crippen LogP contribution is -2.39. The van der Waals surface area contributed by atoms with Crippen molar-refractivity contribution in [2.24, 2.45) is 13.0 Å². The fourth-order valence-electron chi connectivity index (χ4n) is 2.25. The van der Waals surface area contributed by atoms with Crippen molar-refractivity contribution in [2.45, 2.75) is 39.3 Å². The molecule has 0 amide bonds. The molecule has 0 bridgehead atoms. The highest BCUT2D eigenvalue weighted by Gasteiger charge is 2.22. The van der Waals surface area contributed by atoms with E-state index in [1.54, 1.807) is 14.0 Å². The molecule has 108 valence electrons. The Morgan fingerprint density at radius 2 is 2.21 bits per heavy atom. The van der Waals surface area contributed by atoms with Gasteiger partial charge in [0.1, 0.15) is 5.56 Å². The van der Waals surface area contributed by atoms with E-state index in [9.17, 15) is 9.90 Å². The maximum absolute atomic E-state index is 11.0. The van der Waals surface area contributed by atoms with Crippen LogP contribution in [0.5, 0.6) is 0 Å². The Labute approximate surface area is 113 Å². The molecule has 0 spiro atoms. The number of aliphatic hydroxyl groups is 1. The van der Waals surface area contributed by atoms with Gasteiger partial charge in [0.05, 0.1) is 17.5 Å². The van der Waals surface area contributed by atoms with Crippen LogP contribution in [-0.2, 0) is 13.6 Å². The highest BCUT2D eigenvalue weighted by molar-refractivity contribution is 5.88. The minimum Gasteiger partial charge on any atom is -0.478 e. The summed E-state index contributed by atoms with van der Waals surface area (Å²) in [5.41, 5.74) is 0.00206. The minimum atomic E-state index is -0.987. The summed E-state index contributed by atoms with van der Waals surface area (Å²) < 4.78 is 1.54. The second kappa shape index (κ2) is 6.16. The maximum atomic E-state index is 11.0. The van der Waals surface area contributed by atoms with E-state index < -0.39 is 11.6 Å². The molecule has 6 nitrogen and oxygen atoms in total. The molecular weight excluding hydrogens is 246 g/mol. The average Bonchev–Trinajstić information content (AvgIpc) is 2.58. The van der Waals surface area contributed by atoms with Gasteiger partial charge in [0.2, 0.25) is 0 Å². The van der Waals surface area contributed by atoms with E-state index in [0.29, 0.717) is 31.1 Å². The van der Waals surface area contributed by atoms with E-state index in [0.717, 1.165) is 0 Å². The largest absolute Gasteiger partial charge is 0.478 e. The Bertz CT molecular complexity index is 438. The van der Waals surface area contributed by atoms with Crippen molar-refractivity contribution in [3.63, 3.8) is 0 Å². The van der Waals surface area contributed by atoms with Crippen LogP contribution in [0.4, 0.5) is 0 Å². The molecule has 19 heavy (non-hydrogen) atoms. The third-order valence-electron chi connectivity index (χ3n) is 2.94. The lowest BCUT2D eigenvalue weighted by Gasteiger charge is -2.25. The first-order valence-electron chi connectivity index (χ1n) is 6.40. The molecule has 1 atom stereocenters. The van der Waals surface area contributed by atoms with Crippen molar-refractivity contribution in [2.75, 3.05) is 6.54 Å². The molecule has 1 aromatic heterocycles. The van der Waals surface area contributed by atoms with Gasteiger partial charge < -0.3 is 15.5 Å². The zero-order valence-corrected chi connectivity index (χ0v) is 12.0. The van der Waals surface area contributed by atoms with E-state index in [2.05, 4.69) is 24.3 Å². The van der Waals surface area contributed by atoms with Crippen LogP contribution in [0.1, 0.15) is 43.2 Å². The van der Waals surface area contributed by atoms with Crippen LogP contribution < -0.4 is 5.32 Å². The van der Waals surface area contributed by atoms with E-state index in [1.165, 1.54) is 10.9 Å². The van der Waals surface area contributed by atoms with Gasteiger partial charge >= 0.3 is 5.97 Å². The van der Waals surface area contributed by atoms with Crippen LogP contribution >= 0.6 is 0 Å². The van der Waals surface area contributed by atoms with Gasteiger partial charge in [0.15, 0.2) is 0 Å². The molecule has 0 saturated heterocycles. The fraction of sp³-hybridized carbons (Fsp3) is 0.692. The number of carboxylic acids is 1. The zero-order valence-electron chi connectivity index (χ0n) is 12.0. The lowest BCUT2D eigenvalue weighted by atomic mass is 9.94. The van der Waals surface area contributed by atoms with Crippen LogP contribution in [0.2, 0.25) is 0 Å². The van der Waals surface area contributed by atoms with Crippen molar-refractivity contribution in [3.05, 3.63) is 17.5 Å². The molecule has 0 aliphatic rings. The summed E-state index contributed by atoms with van der Waals surface area (Å²) in [5, 5.41) is 26.2. The number of nitrogens with zero attached hydrogens (tertiary/aromatic N) is 2. The molecule has 0 aliphatic heterocycles. The number of aromatic carboxylic acids is 1. The predicted octanol–water partition coefficient (Wildman–Crippen LogP) is 1.00. The second-order valence-corrected chi connectivity index (χ2v) is 5.63. The van der Waals surface area contributed by atoms with Crippen LogP contribution in [0.15, 0.2) is 6.20 Å². The summed E-state index contributed by atoms with van der Waals surface area (Å²) in [4.78, 5) is 11.0. The number of hydrogen-bond donors (Lipinski definition) is 3. The summed E-state index contributed by atoms with van der Waals surface area (Å²) in [6, 6.07) is 0. The molecule has 1 unspecified atom stereocenters. The minimum absolute atomic E-state index is 0.193. The van der Waals surface area contributed by atoms with Gasteiger partial charge in [-0.25, -0.2) is 4.79 Å². The number of rotatable bonds is 7. The summed E-state index contributed by atoms with van der Waals surface area (Å²) in [6.07, 6.45) is 2.03. The van der Waals surface area contributed by atoms with Crippen LogP contribution in [-0.4, -0.2) is 38.1 Å². The molecular formula is C13H23N3O3. The maximum Gasteiger partial charge on any atom is 0.339 e. The molecule has 1 heterocycles. The van der Waals surface area contributed by atoms with Crippen molar-refractivity contribution in [1.29, 1.82) is 0 Å². The van der Waals surface area contributed by atoms with Crippen LogP contribution in [0.3, 0.4) is 0 Å². The van der Waals surface area contributed by atoms with Crippen molar-refractivity contribution < 1.29 is 15.0 Å². The van der Waals surface area contributed by atoms with E-state index >= 15 is 0 Å². The number of aromatic nitrogens is 2. The first kappa shape index (κ1) is 15.7. The molecule has 0 fully saturated rings. The van der Waals surface area contributed by atoms with Crippen LogP contribution in [0, 0.1) is 5.92 Å². The monoisotopic (exact) mass is 269 g/mol. The first-order chi connectivity index (χ1) is 8.73. The summed E-state index contributed by atoms with van der Waals surface area (Å²) in [7, 11) is 1.70. The third-order valence-corrected chi connectivity index (χ3v) is 2.94. The smallest absolute Gasteiger partial charge is 0.339 e. The Balaban J connectivity index is 2.58. The van der Waals surface area contributed by atoms with Gasteiger partial charge in [0, 0.05) is 20.1 Å². The lowest BCUT2D eigenvalue weighted by molar-refractivity contribution is 0.0382. The number of hydrogen-bond acceptors (Lipinski definition) is 4. The number of carbonyl (C=O) groups is 1. The van der Waals surface area contributed by atoms with Crippen molar-refractivity contribution >= 4 is 5.97 Å².